The summed E-state index contributed by atoms with van der Waals surface area (Å²) in [7, 11) is -4.41. The van der Waals surface area contributed by atoms with Crippen molar-refractivity contribution in [2.24, 2.45) is 5.73 Å². The van der Waals surface area contributed by atoms with Crippen molar-refractivity contribution >= 4 is 19.8 Å². The Morgan fingerprint density at radius 2 is 0.579 bits per heavy atom. The smallest absolute Gasteiger partial charge is 0.462 e. The molecule has 9 nitrogen and oxygen atoms in total. The van der Waals surface area contributed by atoms with E-state index in [0.717, 1.165) is 122 Å². The van der Waals surface area contributed by atoms with E-state index in [-0.39, 0.29) is 38.6 Å². The van der Waals surface area contributed by atoms with E-state index in [2.05, 4.69) is 172 Å². The van der Waals surface area contributed by atoms with Crippen LogP contribution >= 0.6 is 7.82 Å². The first-order valence-corrected chi connectivity index (χ1v) is 40.5. The summed E-state index contributed by atoms with van der Waals surface area (Å²) < 4.78 is 33.2. The normalized spacial score (nSPS) is 13.8. The summed E-state index contributed by atoms with van der Waals surface area (Å²) in [5.41, 5.74) is 5.41. The Kier molecular flexibility index (Phi) is 75.0. The first-order chi connectivity index (χ1) is 46.8. The molecule has 0 aromatic heterocycles. The van der Waals surface area contributed by atoms with E-state index in [1.807, 2.05) is 0 Å². The van der Waals surface area contributed by atoms with Gasteiger partial charge in [-0.1, -0.05) is 352 Å². The number of phosphoric acid groups is 1. The Hall–Kier alpha value is -4.37. The van der Waals surface area contributed by atoms with Gasteiger partial charge in [0.05, 0.1) is 13.2 Å². The van der Waals surface area contributed by atoms with Gasteiger partial charge in [0.1, 0.15) is 6.61 Å². The van der Waals surface area contributed by atoms with Crippen molar-refractivity contribution in [1.82, 2.24) is 0 Å². The highest BCUT2D eigenvalue weighted by Gasteiger charge is 2.26. The zero-order chi connectivity index (χ0) is 68.6. The van der Waals surface area contributed by atoms with E-state index < -0.39 is 26.5 Å². The summed E-state index contributed by atoms with van der Waals surface area (Å²) in [6.45, 7) is 3.63. The van der Waals surface area contributed by atoms with Crippen LogP contribution in [0.4, 0.5) is 0 Å². The van der Waals surface area contributed by atoms with Crippen molar-refractivity contribution in [3.05, 3.63) is 158 Å². The third-order valence-corrected chi connectivity index (χ3v) is 17.4. The van der Waals surface area contributed by atoms with Crippen LogP contribution in [0, 0.1) is 0 Å². The fourth-order valence-electron chi connectivity index (χ4n) is 10.7. The SMILES string of the molecule is CC/C=C\C/C=C\C/C=C\C/C=C\C/C=C\C/C=C\C/C=C\C/C=C\C/C=C\C/C=C\CCCCCCCCCCCCC(=O)OC(COC(=O)CCCCCCCCCCCCCCCCCCCC/C=C\C/C=C\C/C=C\CCCCCCC)COP(=O)(O)OCCN. The van der Waals surface area contributed by atoms with Gasteiger partial charge in [0.15, 0.2) is 6.10 Å². The molecule has 0 radical (unpaired) electrons. The van der Waals surface area contributed by atoms with Gasteiger partial charge in [-0.2, -0.15) is 0 Å². The molecule has 10 heteroatoms. The lowest BCUT2D eigenvalue weighted by Gasteiger charge is -2.19. The lowest BCUT2D eigenvalue weighted by molar-refractivity contribution is -0.161. The minimum atomic E-state index is -4.41. The fraction of sp³-hybridized carbons (Fsp3) is 0.671. The average Bonchev–Trinajstić information content (AvgIpc) is 2.75. The van der Waals surface area contributed by atoms with Crippen LogP contribution in [0.25, 0.3) is 0 Å². The number of esters is 2. The molecule has 3 N–H and O–H groups in total. The van der Waals surface area contributed by atoms with E-state index >= 15 is 0 Å². The number of ether oxygens (including phenoxy) is 2. The summed E-state index contributed by atoms with van der Waals surface area (Å²) in [6, 6.07) is 0. The molecule has 0 spiro atoms. The Labute approximate surface area is 585 Å². The number of nitrogens with two attached hydrogens (primary N) is 1. The maximum atomic E-state index is 12.8. The fourth-order valence-corrected chi connectivity index (χ4v) is 11.4. The van der Waals surface area contributed by atoms with Crippen LogP contribution in [0.15, 0.2) is 158 Å². The van der Waals surface area contributed by atoms with Crippen LogP contribution in [0.5, 0.6) is 0 Å². The second-order valence-electron chi connectivity index (χ2n) is 25.5. The number of allylic oxidation sites excluding steroid dienone is 26. The molecule has 0 aliphatic heterocycles. The maximum Gasteiger partial charge on any atom is 0.472 e. The number of unbranched alkanes of at least 4 members (excludes halogenated alkanes) is 33. The number of phosphoric ester groups is 1. The van der Waals surface area contributed by atoms with Crippen LogP contribution in [0.1, 0.15) is 335 Å². The van der Waals surface area contributed by atoms with E-state index in [1.54, 1.807) is 0 Å². The van der Waals surface area contributed by atoms with Gasteiger partial charge in [-0.25, -0.2) is 4.57 Å². The molecule has 0 saturated heterocycles. The molecular formula is C85H144NO8P. The highest BCUT2D eigenvalue weighted by atomic mass is 31.2. The van der Waals surface area contributed by atoms with Crippen LogP contribution in [0.3, 0.4) is 0 Å². The Morgan fingerprint density at radius 3 is 0.863 bits per heavy atom. The topological polar surface area (TPSA) is 134 Å². The van der Waals surface area contributed by atoms with Crippen LogP contribution in [0.2, 0.25) is 0 Å². The van der Waals surface area contributed by atoms with Crippen molar-refractivity contribution < 1.29 is 37.6 Å². The van der Waals surface area contributed by atoms with E-state index in [0.29, 0.717) is 6.42 Å². The van der Waals surface area contributed by atoms with Gasteiger partial charge in [0, 0.05) is 19.4 Å². The van der Waals surface area contributed by atoms with Crippen molar-refractivity contribution in [1.29, 1.82) is 0 Å². The Morgan fingerprint density at radius 1 is 0.326 bits per heavy atom. The highest BCUT2D eigenvalue weighted by Crippen LogP contribution is 2.43. The minimum absolute atomic E-state index is 0.0471. The van der Waals surface area contributed by atoms with Crippen molar-refractivity contribution in [3.63, 3.8) is 0 Å². The number of carbonyl (C=O) groups excluding carboxylic acids is 2. The van der Waals surface area contributed by atoms with Crippen LogP contribution in [-0.4, -0.2) is 49.3 Å². The number of hydrogen-bond acceptors (Lipinski definition) is 8. The zero-order valence-electron chi connectivity index (χ0n) is 61.1. The molecule has 0 aliphatic rings. The first kappa shape index (κ1) is 90.6. The number of carbonyl (C=O) groups is 2. The Bertz CT molecular complexity index is 2120. The molecule has 0 heterocycles. The van der Waals surface area contributed by atoms with Gasteiger partial charge in [0.2, 0.25) is 0 Å². The van der Waals surface area contributed by atoms with Gasteiger partial charge in [-0.15, -0.1) is 0 Å². The monoisotopic (exact) mass is 1340 g/mol. The summed E-state index contributed by atoms with van der Waals surface area (Å²) in [6.07, 6.45) is 115. The molecule has 0 bridgehead atoms. The van der Waals surface area contributed by atoms with Crippen LogP contribution in [-0.2, 0) is 32.7 Å². The molecule has 0 amide bonds. The van der Waals surface area contributed by atoms with Gasteiger partial charge in [-0.05, 0) is 128 Å². The molecule has 95 heavy (non-hydrogen) atoms. The average molecular weight is 1340 g/mol. The molecule has 0 aromatic rings. The standard InChI is InChI=1S/C85H144NO8P/c1-3-5-7-9-11-13-15-17-19-21-23-25-27-29-31-33-35-37-38-39-40-41-42-43-44-46-48-50-52-54-56-58-60-62-64-66-68-70-72-74-76-78-85(88)94-83(82-93-95(89,90)92-80-79-86)81-91-84(87)77-75-73-71-69-67-65-63-61-59-57-55-53-51-49-47-45-36-34-32-30-28-26-24-22-20-18-16-14-12-10-8-6-4-2/h5,7,11,13,16-19,22-25,28-31,35,37,39-40,42-43,46,48,52,54,83H,3-4,6,8-10,12,14-15,20-21,26-27,32-34,36,38,41,44-45,47,49-51,53,55-82,86H2,1-2H3,(H,89,90)/b7-5-,13-11-,18-16-,19-17-,24-22-,25-23-,30-28-,31-29-,37-35-,40-39-,43-42-,48-46-,54-52-. The third-order valence-electron chi connectivity index (χ3n) is 16.4. The summed E-state index contributed by atoms with van der Waals surface area (Å²) >= 11 is 0. The molecule has 0 rings (SSSR count). The third kappa shape index (κ3) is 78.5. The van der Waals surface area contributed by atoms with Gasteiger partial charge in [-0.3, -0.25) is 18.6 Å². The molecule has 2 atom stereocenters. The predicted molar refractivity (Wildman–Crippen MR) is 413 cm³/mol. The van der Waals surface area contributed by atoms with Gasteiger partial charge < -0.3 is 20.1 Å². The minimum Gasteiger partial charge on any atom is -0.462 e. The molecule has 0 aliphatic carbocycles. The summed E-state index contributed by atoms with van der Waals surface area (Å²) in [5.74, 6) is -0.830. The molecule has 0 fully saturated rings. The largest absolute Gasteiger partial charge is 0.472 e. The molecular weight excluding hydrogens is 1190 g/mol. The quantitative estimate of drug-likeness (QED) is 0.0264. The molecule has 2 unspecified atom stereocenters. The maximum absolute atomic E-state index is 12.8. The zero-order valence-corrected chi connectivity index (χ0v) is 62.0. The van der Waals surface area contributed by atoms with E-state index in [4.69, 9.17) is 24.3 Å². The highest BCUT2D eigenvalue weighted by molar-refractivity contribution is 7.47. The number of rotatable bonds is 72. The summed E-state index contributed by atoms with van der Waals surface area (Å²) in [4.78, 5) is 35.5. The Balaban J connectivity index is 3.90. The van der Waals surface area contributed by atoms with E-state index in [1.165, 1.54) is 180 Å². The predicted octanol–water partition coefficient (Wildman–Crippen LogP) is 26.3. The lowest BCUT2D eigenvalue weighted by Crippen LogP contribution is -2.29. The second kappa shape index (κ2) is 78.6. The lowest BCUT2D eigenvalue weighted by atomic mass is 10.0. The molecule has 542 valence electrons. The first-order valence-electron chi connectivity index (χ1n) is 39.0. The van der Waals surface area contributed by atoms with Gasteiger partial charge >= 0.3 is 19.8 Å². The summed E-state index contributed by atoms with van der Waals surface area (Å²) in [5, 5.41) is 0. The van der Waals surface area contributed by atoms with E-state index in [9.17, 15) is 19.0 Å². The molecule has 0 saturated carbocycles. The van der Waals surface area contributed by atoms with Crippen LogP contribution < -0.4 is 5.73 Å². The van der Waals surface area contributed by atoms with Crippen molar-refractivity contribution in [3.8, 4) is 0 Å². The number of hydrogen-bond donors (Lipinski definition) is 2. The van der Waals surface area contributed by atoms with Crippen molar-refractivity contribution in [2.75, 3.05) is 26.4 Å². The van der Waals surface area contributed by atoms with Crippen molar-refractivity contribution in [2.45, 2.75) is 341 Å². The molecule has 0 aromatic carbocycles. The second-order valence-corrected chi connectivity index (χ2v) is 26.9. The van der Waals surface area contributed by atoms with Gasteiger partial charge in [0.25, 0.3) is 0 Å².